The number of rotatable bonds is 3. The summed E-state index contributed by atoms with van der Waals surface area (Å²) in [5.74, 6) is 1.74. The smallest absolute Gasteiger partial charge is 0.255 e. The molecule has 0 radical (unpaired) electrons. The van der Waals surface area contributed by atoms with Gasteiger partial charge in [-0.25, -0.2) is 4.98 Å². The molecule has 2 heterocycles. The zero-order valence-electron chi connectivity index (χ0n) is 12.1. The molecule has 1 aliphatic carbocycles. The number of fused-ring (bicyclic) bond motifs is 1. The molecular formula is C16H23N3O. The molecular weight excluding hydrogens is 250 g/mol. The van der Waals surface area contributed by atoms with Gasteiger partial charge in [0.1, 0.15) is 5.82 Å². The fraction of sp³-hybridized carbons (Fsp3) is 0.625. The van der Waals surface area contributed by atoms with Crippen molar-refractivity contribution in [2.75, 3.05) is 18.4 Å². The summed E-state index contributed by atoms with van der Waals surface area (Å²) in [5, 5.41) is 3.15. The third-order valence-corrected chi connectivity index (χ3v) is 4.62. The highest BCUT2D eigenvalue weighted by Gasteiger charge is 2.37. The molecule has 1 aliphatic heterocycles. The molecule has 4 nitrogen and oxygen atoms in total. The lowest BCUT2D eigenvalue weighted by Crippen LogP contribution is -2.46. The van der Waals surface area contributed by atoms with Crippen molar-refractivity contribution in [2.45, 2.75) is 45.1 Å². The topological polar surface area (TPSA) is 45.2 Å². The first-order valence-electron chi connectivity index (χ1n) is 7.80. The monoisotopic (exact) mass is 273 g/mol. The van der Waals surface area contributed by atoms with Gasteiger partial charge in [-0.1, -0.05) is 6.42 Å². The average Bonchev–Trinajstić information content (AvgIpc) is 2.96. The molecule has 4 heteroatoms. The Balaban J connectivity index is 1.74. The highest BCUT2D eigenvalue weighted by molar-refractivity contribution is 5.94. The predicted molar refractivity (Wildman–Crippen MR) is 79.8 cm³/mol. The minimum Gasteiger partial charge on any atom is -0.370 e. The molecule has 1 saturated heterocycles. The Bertz CT molecular complexity index is 471. The van der Waals surface area contributed by atoms with Crippen LogP contribution in [0.25, 0.3) is 0 Å². The van der Waals surface area contributed by atoms with Gasteiger partial charge in [0.25, 0.3) is 5.91 Å². The summed E-state index contributed by atoms with van der Waals surface area (Å²) >= 11 is 0. The predicted octanol–water partition coefficient (Wildman–Crippen LogP) is 2.92. The summed E-state index contributed by atoms with van der Waals surface area (Å²) in [6.07, 6.45) is 7.91. The lowest BCUT2D eigenvalue weighted by molar-refractivity contribution is 0.0548. The van der Waals surface area contributed by atoms with Crippen molar-refractivity contribution >= 4 is 11.7 Å². The lowest BCUT2D eigenvalue weighted by atomic mass is 9.91. The molecule has 2 atom stereocenters. The van der Waals surface area contributed by atoms with Crippen molar-refractivity contribution in [3.63, 3.8) is 0 Å². The number of carbonyl (C=O) groups is 1. The Hall–Kier alpha value is -1.58. The highest BCUT2D eigenvalue weighted by atomic mass is 16.2. The van der Waals surface area contributed by atoms with Gasteiger partial charge in [-0.2, -0.15) is 0 Å². The van der Waals surface area contributed by atoms with Crippen LogP contribution in [0, 0.1) is 5.92 Å². The van der Waals surface area contributed by atoms with Crippen LogP contribution < -0.4 is 5.32 Å². The first-order chi connectivity index (χ1) is 9.79. The number of hydrogen-bond donors (Lipinski definition) is 1. The van der Waals surface area contributed by atoms with Crippen LogP contribution in [0.3, 0.4) is 0 Å². The summed E-state index contributed by atoms with van der Waals surface area (Å²) < 4.78 is 0. The Morgan fingerprint density at radius 2 is 2.20 bits per heavy atom. The van der Waals surface area contributed by atoms with Crippen molar-refractivity contribution in [3.05, 3.63) is 23.9 Å². The van der Waals surface area contributed by atoms with Crippen LogP contribution in [0.5, 0.6) is 0 Å². The number of piperidine rings is 1. The Morgan fingerprint density at radius 1 is 1.35 bits per heavy atom. The number of anilines is 1. The van der Waals surface area contributed by atoms with E-state index in [1.807, 2.05) is 19.1 Å². The van der Waals surface area contributed by atoms with E-state index in [1.54, 1.807) is 6.20 Å². The number of pyridine rings is 1. The molecule has 0 aromatic carbocycles. The maximum absolute atomic E-state index is 12.7. The summed E-state index contributed by atoms with van der Waals surface area (Å²) in [7, 11) is 0. The summed E-state index contributed by atoms with van der Waals surface area (Å²) in [4.78, 5) is 19.1. The van der Waals surface area contributed by atoms with Gasteiger partial charge in [-0.05, 0) is 50.7 Å². The maximum atomic E-state index is 12.7. The van der Waals surface area contributed by atoms with Crippen molar-refractivity contribution < 1.29 is 4.79 Å². The van der Waals surface area contributed by atoms with E-state index in [1.165, 1.54) is 25.7 Å². The number of nitrogens with one attached hydrogen (secondary N) is 1. The molecule has 2 aliphatic rings. The minimum atomic E-state index is 0.164. The maximum Gasteiger partial charge on any atom is 0.255 e. The quantitative estimate of drug-likeness (QED) is 0.921. The Labute approximate surface area is 120 Å². The van der Waals surface area contributed by atoms with Crippen LogP contribution in [0.15, 0.2) is 18.3 Å². The Kier molecular flexibility index (Phi) is 3.90. The third kappa shape index (κ3) is 2.51. The minimum absolute atomic E-state index is 0.164. The number of aromatic nitrogens is 1. The largest absolute Gasteiger partial charge is 0.370 e. The van der Waals surface area contributed by atoms with Gasteiger partial charge in [-0.15, -0.1) is 0 Å². The van der Waals surface area contributed by atoms with Crippen LogP contribution in [-0.2, 0) is 0 Å². The zero-order valence-corrected chi connectivity index (χ0v) is 12.1. The fourth-order valence-electron chi connectivity index (χ4n) is 3.68. The molecule has 108 valence electrons. The number of carbonyl (C=O) groups excluding carboxylic acids is 1. The SMILES string of the molecule is CCNc1ccc(C(=O)N2CCCC3CCCC32)cn1. The standard InChI is InChI=1S/C16H23N3O/c1-2-17-15-9-8-13(11-18-15)16(20)19-10-4-6-12-5-3-7-14(12)19/h8-9,11-12,14H,2-7,10H2,1H3,(H,17,18). The number of amides is 1. The van der Waals surface area contributed by atoms with E-state index in [4.69, 9.17) is 0 Å². The van der Waals surface area contributed by atoms with Crippen molar-refractivity contribution in [1.29, 1.82) is 0 Å². The second kappa shape index (κ2) is 5.81. The number of likely N-dealkylation sites (tertiary alicyclic amines) is 1. The summed E-state index contributed by atoms with van der Waals surface area (Å²) in [5.41, 5.74) is 0.721. The molecule has 2 fully saturated rings. The van der Waals surface area contributed by atoms with Crippen LogP contribution >= 0.6 is 0 Å². The second-order valence-electron chi connectivity index (χ2n) is 5.86. The van der Waals surface area contributed by atoms with Gasteiger partial charge in [-0.3, -0.25) is 4.79 Å². The van der Waals surface area contributed by atoms with E-state index in [0.717, 1.165) is 36.8 Å². The zero-order chi connectivity index (χ0) is 13.9. The van der Waals surface area contributed by atoms with Gasteiger partial charge in [0.05, 0.1) is 5.56 Å². The van der Waals surface area contributed by atoms with Gasteiger partial charge in [0.2, 0.25) is 0 Å². The van der Waals surface area contributed by atoms with Crippen LogP contribution in [0.1, 0.15) is 49.4 Å². The molecule has 1 saturated carbocycles. The number of nitrogens with zero attached hydrogens (tertiary/aromatic N) is 2. The van der Waals surface area contributed by atoms with E-state index < -0.39 is 0 Å². The summed E-state index contributed by atoms with van der Waals surface area (Å²) in [6.45, 7) is 3.79. The third-order valence-electron chi connectivity index (χ3n) is 4.62. The van der Waals surface area contributed by atoms with Crippen molar-refractivity contribution in [2.24, 2.45) is 5.92 Å². The molecule has 2 unspecified atom stereocenters. The van der Waals surface area contributed by atoms with E-state index in [0.29, 0.717) is 6.04 Å². The highest BCUT2D eigenvalue weighted by Crippen LogP contribution is 2.37. The fourth-order valence-corrected chi connectivity index (χ4v) is 3.68. The van der Waals surface area contributed by atoms with Crippen molar-refractivity contribution in [1.82, 2.24) is 9.88 Å². The normalized spacial score (nSPS) is 25.4. The van der Waals surface area contributed by atoms with Crippen molar-refractivity contribution in [3.8, 4) is 0 Å². The van der Waals surface area contributed by atoms with Crippen LogP contribution in [0.2, 0.25) is 0 Å². The first kappa shape index (κ1) is 13.4. The van der Waals surface area contributed by atoms with Gasteiger partial charge < -0.3 is 10.2 Å². The molecule has 1 aromatic heterocycles. The van der Waals surface area contributed by atoms with Gasteiger partial charge in [0.15, 0.2) is 0 Å². The summed E-state index contributed by atoms with van der Waals surface area (Å²) in [6, 6.07) is 4.27. The molecule has 0 spiro atoms. The van der Waals surface area contributed by atoms with E-state index in [2.05, 4.69) is 15.2 Å². The van der Waals surface area contributed by atoms with E-state index in [9.17, 15) is 4.79 Å². The first-order valence-corrected chi connectivity index (χ1v) is 7.80. The molecule has 1 amide bonds. The number of hydrogen-bond acceptors (Lipinski definition) is 3. The molecule has 3 rings (SSSR count). The Morgan fingerprint density at radius 3 is 2.95 bits per heavy atom. The molecule has 0 bridgehead atoms. The molecule has 1 aromatic rings. The second-order valence-corrected chi connectivity index (χ2v) is 5.86. The van der Waals surface area contributed by atoms with Gasteiger partial charge >= 0.3 is 0 Å². The van der Waals surface area contributed by atoms with Crippen LogP contribution in [-0.4, -0.2) is 34.9 Å². The van der Waals surface area contributed by atoms with Crippen LogP contribution in [0.4, 0.5) is 5.82 Å². The van der Waals surface area contributed by atoms with Gasteiger partial charge in [0, 0.05) is 25.3 Å². The average molecular weight is 273 g/mol. The van der Waals surface area contributed by atoms with E-state index in [-0.39, 0.29) is 5.91 Å². The van der Waals surface area contributed by atoms with E-state index >= 15 is 0 Å². The molecule has 1 N–H and O–H groups in total. The molecule has 20 heavy (non-hydrogen) atoms. The lowest BCUT2D eigenvalue weighted by Gasteiger charge is -2.37.